The van der Waals surface area contributed by atoms with Crippen LogP contribution in [0.3, 0.4) is 0 Å². The smallest absolute Gasteiger partial charge is 0.316 e. The lowest BCUT2D eigenvalue weighted by molar-refractivity contribution is 0.0674. The van der Waals surface area contributed by atoms with Gasteiger partial charge in [-0.2, -0.15) is 10.1 Å². The zero-order valence-electron chi connectivity index (χ0n) is 15.0. The Balaban J connectivity index is 1.53. The molecule has 0 bridgehead atoms. The summed E-state index contributed by atoms with van der Waals surface area (Å²) in [6.07, 6.45) is 3.03. The molecule has 0 saturated carbocycles. The van der Waals surface area contributed by atoms with Gasteiger partial charge >= 0.3 is 11.8 Å². The van der Waals surface area contributed by atoms with E-state index in [-0.39, 0.29) is 35.5 Å². The van der Waals surface area contributed by atoms with E-state index in [4.69, 9.17) is 4.52 Å². The maximum Gasteiger partial charge on any atom is 0.316 e. The maximum absolute atomic E-state index is 13.1. The van der Waals surface area contributed by atoms with Crippen molar-refractivity contribution in [2.45, 2.75) is 25.8 Å². The Morgan fingerprint density at radius 1 is 1.07 bits per heavy atom. The number of piperidine rings is 1. The zero-order valence-corrected chi connectivity index (χ0v) is 15.0. The Morgan fingerprint density at radius 2 is 1.82 bits per heavy atom. The average Bonchev–Trinajstić information content (AvgIpc) is 3.19. The summed E-state index contributed by atoms with van der Waals surface area (Å²) in [5.41, 5.74) is 0.830. The average molecular weight is 383 g/mol. The topological polar surface area (TPSA) is 94.1 Å². The summed E-state index contributed by atoms with van der Waals surface area (Å²) in [4.78, 5) is 30.4. The van der Waals surface area contributed by atoms with Gasteiger partial charge in [0, 0.05) is 24.7 Å². The van der Waals surface area contributed by atoms with Gasteiger partial charge in [-0.3, -0.25) is 9.59 Å². The van der Waals surface area contributed by atoms with Crippen molar-refractivity contribution in [1.29, 1.82) is 0 Å². The van der Waals surface area contributed by atoms with Crippen LogP contribution in [0.15, 0.2) is 45.7 Å². The normalized spacial score (nSPS) is 14.2. The summed E-state index contributed by atoms with van der Waals surface area (Å²) in [5.74, 6) is -0.542. The number of aromatic nitrogens is 4. The molecule has 9 heteroatoms. The first-order valence-corrected chi connectivity index (χ1v) is 9.06. The number of likely N-dealkylation sites (tertiary alicyclic amines) is 1. The quantitative estimate of drug-likeness (QED) is 0.685. The number of carbonyl (C=O) groups excluding carboxylic acids is 1. The van der Waals surface area contributed by atoms with Crippen LogP contribution in [0.4, 0.5) is 4.39 Å². The van der Waals surface area contributed by atoms with Crippen LogP contribution in [-0.2, 0) is 6.54 Å². The molecule has 1 fully saturated rings. The van der Waals surface area contributed by atoms with Gasteiger partial charge in [0.15, 0.2) is 5.82 Å². The van der Waals surface area contributed by atoms with Crippen molar-refractivity contribution in [3.05, 3.63) is 64.3 Å². The lowest BCUT2D eigenvalue weighted by Crippen LogP contribution is -2.35. The Morgan fingerprint density at radius 3 is 2.57 bits per heavy atom. The first-order chi connectivity index (χ1) is 13.6. The molecule has 144 valence electrons. The van der Waals surface area contributed by atoms with E-state index < -0.39 is 0 Å². The number of rotatable bonds is 4. The molecule has 1 aromatic carbocycles. The fourth-order valence-electron chi connectivity index (χ4n) is 3.11. The third-order valence-electron chi connectivity index (χ3n) is 4.59. The molecule has 0 N–H and O–H groups in total. The molecule has 3 heterocycles. The number of benzene rings is 1. The zero-order chi connectivity index (χ0) is 19.5. The molecule has 1 aliphatic heterocycles. The standard InChI is InChI=1S/C19H18FN5O3/c20-14-6-4-13(5-7-14)15-8-9-17(26)25(22-15)12-16-21-18(28-23-16)19(27)24-10-2-1-3-11-24/h4-9H,1-3,10-12H2. The third-order valence-corrected chi connectivity index (χ3v) is 4.59. The number of hydrogen-bond acceptors (Lipinski definition) is 6. The molecule has 1 amide bonds. The second-order valence-corrected chi connectivity index (χ2v) is 6.59. The fraction of sp³-hybridized carbons (Fsp3) is 0.316. The number of carbonyl (C=O) groups is 1. The lowest BCUT2D eigenvalue weighted by atomic mass is 10.1. The Bertz CT molecular complexity index is 1040. The summed E-state index contributed by atoms with van der Waals surface area (Å²) in [6.45, 7) is 1.32. The molecule has 8 nitrogen and oxygen atoms in total. The SMILES string of the molecule is O=C(c1nc(Cn2nc(-c3ccc(F)cc3)ccc2=O)no1)N1CCCCC1. The molecule has 28 heavy (non-hydrogen) atoms. The molecular formula is C19H18FN5O3. The van der Waals surface area contributed by atoms with E-state index in [0.29, 0.717) is 24.3 Å². The molecule has 1 aliphatic rings. The van der Waals surface area contributed by atoms with Crippen molar-refractivity contribution in [3.8, 4) is 11.3 Å². The molecule has 0 radical (unpaired) electrons. The molecule has 0 unspecified atom stereocenters. The highest BCUT2D eigenvalue weighted by atomic mass is 19.1. The summed E-state index contributed by atoms with van der Waals surface area (Å²) in [7, 11) is 0. The minimum Gasteiger partial charge on any atom is -0.334 e. The number of hydrogen-bond donors (Lipinski definition) is 0. The van der Waals surface area contributed by atoms with Gasteiger partial charge in [-0.25, -0.2) is 9.07 Å². The Hall–Kier alpha value is -3.36. The van der Waals surface area contributed by atoms with Crippen molar-refractivity contribution in [2.24, 2.45) is 0 Å². The van der Waals surface area contributed by atoms with Gasteiger partial charge < -0.3 is 9.42 Å². The first-order valence-electron chi connectivity index (χ1n) is 9.06. The van der Waals surface area contributed by atoms with Crippen molar-refractivity contribution >= 4 is 5.91 Å². The van der Waals surface area contributed by atoms with Crippen molar-refractivity contribution < 1.29 is 13.7 Å². The minimum atomic E-state index is -0.352. The second-order valence-electron chi connectivity index (χ2n) is 6.59. The summed E-state index contributed by atoms with van der Waals surface area (Å²) in [6, 6.07) is 8.74. The van der Waals surface area contributed by atoms with E-state index in [0.717, 1.165) is 19.3 Å². The summed E-state index contributed by atoms with van der Waals surface area (Å²) >= 11 is 0. The predicted molar refractivity (Wildman–Crippen MR) is 97.0 cm³/mol. The second kappa shape index (κ2) is 7.71. The molecule has 0 spiro atoms. The predicted octanol–water partition coefficient (Wildman–Crippen LogP) is 2.11. The van der Waals surface area contributed by atoms with Gasteiger partial charge in [0.25, 0.3) is 5.56 Å². The lowest BCUT2D eigenvalue weighted by Gasteiger charge is -2.24. The minimum absolute atomic E-state index is 0.0371. The van der Waals surface area contributed by atoms with Crippen LogP contribution in [0.5, 0.6) is 0 Å². The highest BCUT2D eigenvalue weighted by molar-refractivity contribution is 5.89. The van der Waals surface area contributed by atoms with Crippen LogP contribution in [0.1, 0.15) is 35.8 Å². The van der Waals surface area contributed by atoms with E-state index in [2.05, 4.69) is 15.2 Å². The van der Waals surface area contributed by atoms with E-state index in [9.17, 15) is 14.0 Å². The van der Waals surface area contributed by atoms with Gasteiger partial charge in [-0.1, -0.05) is 5.16 Å². The maximum atomic E-state index is 13.1. The third kappa shape index (κ3) is 3.83. The van der Waals surface area contributed by atoms with Gasteiger partial charge in [0.1, 0.15) is 12.4 Å². The monoisotopic (exact) mass is 383 g/mol. The molecule has 0 atom stereocenters. The van der Waals surface area contributed by atoms with E-state index >= 15 is 0 Å². The highest BCUT2D eigenvalue weighted by Crippen LogP contribution is 2.16. The van der Waals surface area contributed by atoms with Crippen molar-refractivity contribution in [2.75, 3.05) is 13.1 Å². The van der Waals surface area contributed by atoms with Crippen molar-refractivity contribution in [1.82, 2.24) is 24.8 Å². The van der Waals surface area contributed by atoms with Gasteiger partial charge in [0.2, 0.25) is 0 Å². The van der Waals surface area contributed by atoms with Gasteiger partial charge in [-0.05, 0) is 49.6 Å². The molecule has 4 rings (SSSR count). The van der Waals surface area contributed by atoms with Crippen molar-refractivity contribution in [3.63, 3.8) is 0 Å². The molecular weight excluding hydrogens is 365 g/mol. The van der Waals surface area contributed by atoms with E-state index in [1.165, 1.54) is 22.9 Å². The van der Waals surface area contributed by atoms with E-state index in [1.54, 1.807) is 23.1 Å². The molecule has 1 saturated heterocycles. The van der Waals surface area contributed by atoms with Gasteiger partial charge in [0.05, 0.1) is 5.69 Å². The molecule has 2 aromatic heterocycles. The fourth-order valence-corrected chi connectivity index (χ4v) is 3.11. The van der Waals surface area contributed by atoms with Crippen LogP contribution in [0, 0.1) is 5.82 Å². The first kappa shape index (κ1) is 18.0. The summed E-state index contributed by atoms with van der Waals surface area (Å²) < 4.78 is 19.4. The number of nitrogens with zero attached hydrogens (tertiary/aromatic N) is 5. The number of halogens is 1. The number of amides is 1. The Kier molecular flexibility index (Phi) is 4.96. The molecule has 3 aromatic rings. The van der Waals surface area contributed by atoms with Crippen LogP contribution in [0.2, 0.25) is 0 Å². The van der Waals surface area contributed by atoms with Crippen LogP contribution >= 0.6 is 0 Å². The largest absolute Gasteiger partial charge is 0.334 e. The molecule has 0 aliphatic carbocycles. The Labute approximate surface area is 159 Å². The van der Waals surface area contributed by atoms with Crippen LogP contribution in [0.25, 0.3) is 11.3 Å². The van der Waals surface area contributed by atoms with Crippen LogP contribution in [-0.4, -0.2) is 43.8 Å². The summed E-state index contributed by atoms with van der Waals surface area (Å²) in [5, 5.41) is 8.08. The highest BCUT2D eigenvalue weighted by Gasteiger charge is 2.23. The van der Waals surface area contributed by atoms with E-state index in [1.807, 2.05) is 0 Å². The van der Waals surface area contributed by atoms with Gasteiger partial charge in [-0.15, -0.1) is 0 Å². The van der Waals surface area contributed by atoms with Crippen LogP contribution < -0.4 is 5.56 Å².